The van der Waals surface area contributed by atoms with Crippen LogP contribution in [-0.2, 0) is 0 Å². The zero-order valence-electron chi connectivity index (χ0n) is 9.51. The van der Waals surface area contributed by atoms with E-state index in [0.29, 0.717) is 11.0 Å². The van der Waals surface area contributed by atoms with Gasteiger partial charge in [-0.2, -0.15) is 9.90 Å². The lowest BCUT2D eigenvalue weighted by Crippen LogP contribution is -2.24. The summed E-state index contributed by atoms with van der Waals surface area (Å²) in [6, 6.07) is 9.40. The minimum atomic E-state index is -0.280. The van der Waals surface area contributed by atoms with Crippen LogP contribution in [0.5, 0.6) is 0 Å². The Balaban J connectivity index is 2.11. The number of benzene rings is 1. The third kappa shape index (κ3) is 3.04. The quantitative estimate of drug-likeness (QED) is 0.938. The number of nitrogens with zero attached hydrogens (tertiary/aromatic N) is 3. The molecule has 18 heavy (non-hydrogen) atoms. The third-order valence-electron chi connectivity index (χ3n) is 2.15. The van der Waals surface area contributed by atoms with Crippen molar-refractivity contribution in [1.82, 2.24) is 20.3 Å². The van der Waals surface area contributed by atoms with Gasteiger partial charge in [-0.1, -0.05) is 40.7 Å². The van der Waals surface area contributed by atoms with Crippen LogP contribution >= 0.6 is 15.9 Å². The van der Waals surface area contributed by atoms with Gasteiger partial charge in [0, 0.05) is 11.0 Å². The van der Waals surface area contributed by atoms with E-state index in [9.17, 15) is 4.79 Å². The molecular formula is C12H11BrN4O. The molecule has 2 aromatic rings. The number of amides is 1. The van der Waals surface area contributed by atoms with E-state index < -0.39 is 0 Å². The van der Waals surface area contributed by atoms with Crippen molar-refractivity contribution >= 4 is 21.8 Å². The molecule has 0 aliphatic rings. The summed E-state index contributed by atoms with van der Waals surface area (Å²) < 4.78 is 0.700. The topological polar surface area (TPSA) is 59.8 Å². The van der Waals surface area contributed by atoms with Crippen molar-refractivity contribution in [2.24, 2.45) is 0 Å². The number of aromatic nitrogens is 3. The van der Waals surface area contributed by atoms with Crippen LogP contribution in [0.2, 0.25) is 0 Å². The lowest BCUT2D eigenvalue weighted by Gasteiger charge is -2.00. The average Bonchev–Trinajstić information content (AvgIpc) is 2.86. The molecule has 0 spiro atoms. The van der Waals surface area contributed by atoms with Crippen LogP contribution in [0.4, 0.5) is 0 Å². The Kier molecular flexibility index (Phi) is 3.88. The second-order valence-electron chi connectivity index (χ2n) is 3.55. The molecule has 0 aliphatic carbocycles. The van der Waals surface area contributed by atoms with Gasteiger partial charge in [-0.3, -0.25) is 4.79 Å². The molecule has 0 atom stereocenters. The standard InChI is InChI=1S/C12H11BrN4O/c1-9(13)7-14-12(18)11-8-15-17(16-11)10-5-3-2-4-6-10/h2-6,8H,1,7H2,(H,14,18). The fourth-order valence-electron chi connectivity index (χ4n) is 1.32. The summed E-state index contributed by atoms with van der Waals surface area (Å²) in [5, 5.41) is 10.8. The number of rotatable bonds is 4. The molecule has 0 saturated carbocycles. The van der Waals surface area contributed by atoms with E-state index in [1.165, 1.54) is 11.0 Å². The van der Waals surface area contributed by atoms with Gasteiger partial charge in [0.25, 0.3) is 5.91 Å². The highest BCUT2D eigenvalue weighted by Crippen LogP contribution is 2.04. The highest BCUT2D eigenvalue weighted by atomic mass is 79.9. The molecule has 2 rings (SSSR count). The molecule has 0 fully saturated rings. The zero-order chi connectivity index (χ0) is 13.0. The van der Waals surface area contributed by atoms with Gasteiger partial charge < -0.3 is 5.32 Å². The Morgan fingerprint density at radius 2 is 2.11 bits per heavy atom. The Bertz CT molecular complexity index is 564. The van der Waals surface area contributed by atoms with Gasteiger partial charge in [0.1, 0.15) is 0 Å². The number of carbonyl (C=O) groups excluding carboxylic acids is 1. The normalized spacial score (nSPS) is 10.1. The minimum Gasteiger partial charge on any atom is -0.346 e. The highest BCUT2D eigenvalue weighted by Gasteiger charge is 2.10. The monoisotopic (exact) mass is 306 g/mol. The Labute approximate surface area is 113 Å². The van der Waals surface area contributed by atoms with Crippen LogP contribution in [0.1, 0.15) is 10.5 Å². The Morgan fingerprint density at radius 3 is 2.78 bits per heavy atom. The van der Waals surface area contributed by atoms with Crippen molar-refractivity contribution in [1.29, 1.82) is 0 Å². The maximum absolute atomic E-state index is 11.7. The van der Waals surface area contributed by atoms with E-state index in [1.807, 2.05) is 30.3 Å². The fourth-order valence-corrected chi connectivity index (χ4v) is 1.46. The first-order chi connectivity index (χ1) is 8.66. The Morgan fingerprint density at radius 1 is 1.39 bits per heavy atom. The molecular weight excluding hydrogens is 296 g/mol. The van der Waals surface area contributed by atoms with E-state index in [1.54, 1.807) is 0 Å². The molecule has 5 nitrogen and oxygen atoms in total. The van der Waals surface area contributed by atoms with E-state index in [4.69, 9.17) is 0 Å². The number of para-hydroxylation sites is 1. The number of carbonyl (C=O) groups is 1. The van der Waals surface area contributed by atoms with Crippen LogP contribution in [-0.4, -0.2) is 27.4 Å². The first-order valence-electron chi connectivity index (χ1n) is 5.26. The smallest absolute Gasteiger partial charge is 0.273 e. The average molecular weight is 307 g/mol. The molecule has 0 saturated heterocycles. The van der Waals surface area contributed by atoms with Crippen LogP contribution in [0.3, 0.4) is 0 Å². The summed E-state index contributed by atoms with van der Waals surface area (Å²) in [6.45, 7) is 3.99. The molecule has 6 heteroatoms. The lowest BCUT2D eigenvalue weighted by atomic mass is 10.3. The zero-order valence-corrected chi connectivity index (χ0v) is 11.1. The number of hydrogen-bond acceptors (Lipinski definition) is 3. The van der Waals surface area contributed by atoms with Gasteiger partial charge in [-0.15, -0.1) is 5.10 Å². The van der Waals surface area contributed by atoms with E-state index in [0.717, 1.165) is 5.69 Å². The number of hydrogen-bond donors (Lipinski definition) is 1. The second kappa shape index (κ2) is 5.59. The van der Waals surface area contributed by atoms with Crippen molar-refractivity contribution in [2.45, 2.75) is 0 Å². The summed E-state index contributed by atoms with van der Waals surface area (Å²) >= 11 is 3.17. The maximum atomic E-state index is 11.7. The molecule has 1 aromatic heterocycles. The van der Waals surface area contributed by atoms with Crippen molar-refractivity contribution in [3.05, 3.63) is 53.3 Å². The molecule has 1 N–H and O–H groups in total. The van der Waals surface area contributed by atoms with Crippen molar-refractivity contribution < 1.29 is 4.79 Å². The molecule has 1 aromatic carbocycles. The SMILES string of the molecule is C=C(Br)CNC(=O)c1cnn(-c2ccccc2)n1. The molecule has 0 bridgehead atoms. The molecule has 1 heterocycles. The number of halogens is 1. The first-order valence-corrected chi connectivity index (χ1v) is 6.05. The first kappa shape index (κ1) is 12.5. The molecule has 1 amide bonds. The number of nitrogens with one attached hydrogen (secondary N) is 1. The van der Waals surface area contributed by atoms with Gasteiger partial charge in [0.15, 0.2) is 5.69 Å². The van der Waals surface area contributed by atoms with Gasteiger partial charge in [-0.05, 0) is 12.1 Å². The summed E-state index contributed by atoms with van der Waals surface area (Å²) in [5.41, 5.74) is 1.08. The lowest BCUT2D eigenvalue weighted by molar-refractivity contribution is 0.0952. The molecule has 0 radical (unpaired) electrons. The largest absolute Gasteiger partial charge is 0.346 e. The van der Waals surface area contributed by atoms with Gasteiger partial charge >= 0.3 is 0 Å². The maximum Gasteiger partial charge on any atom is 0.273 e. The van der Waals surface area contributed by atoms with Crippen molar-refractivity contribution in [3.63, 3.8) is 0 Å². The second-order valence-corrected chi connectivity index (χ2v) is 4.68. The summed E-state index contributed by atoms with van der Waals surface area (Å²) in [5.74, 6) is -0.280. The molecule has 92 valence electrons. The van der Waals surface area contributed by atoms with Crippen molar-refractivity contribution in [3.8, 4) is 5.69 Å². The van der Waals surface area contributed by atoms with Crippen LogP contribution < -0.4 is 5.32 Å². The van der Waals surface area contributed by atoms with E-state index in [-0.39, 0.29) is 11.6 Å². The van der Waals surface area contributed by atoms with Crippen LogP contribution in [0.15, 0.2) is 47.6 Å². The van der Waals surface area contributed by atoms with E-state index in [2.05, 4.69) is 38.0 Å². The van der Waals surface area contributed by atoms with Gasteiger partial charge in [0.2, 0.25) is 0 Å². The van der Waals surface area contributed by atoms with Crippen molar-refractivity contribution in [2.75, 3.05) is 6.54 Å². The highest BCUT2D eigenvalue weighted by molar-refractivity contribution is 9.11. The van der Waals surface area contributed by atoms with Crippen LogP contribution in [0, 0.1) is 0 Å². The van der Waals surface area contributed by atoms with Gasteiger partial charge in [-0.25, -0.2) is 0 Å². The predicted octanol–water partition coefficient (Wildman–Crippen LogP) is 1.91. The molecule has 0 unspecified atom stereocenters. The fraction of sp³-hybridized carbons (Fsp3) is 0.0833. The third-order valence-corrected chi connectivity index (χ3v) is 2.43. The van der Waals surface area contributed by atoms with E-state index >= 15 is 0 Å². The minimum absolute atomic E-state index is 0.271. The summed E-state index contributed by atoms with van der Waals surface area (Å²) in [7, 11) is 0. The summed E-state index contributed by atoms with van der Waals surface area (Å²) in [4.78, 5) is 13.1. The molecule has 0 aliphatic heterocycles. The van der Waals surface area contributed by atoms with Crippen LogP contribution in [0.25, 0.3) is 5.69 Å². The van der Waals surface area contributed by atoms with Gasteiger partial charge in [0.05, 0.1) is 11.9 Å². The predicted molar refractivity (Wildman–Crippen MR) is 71.8 cm³/mol. The Hall–Kier alpha value is -1.95. The summed E-state index contributed by atoms with van der Waals surface area (Å²) in [6.07, 6.45) is 1.43.